The zero-order chi connectivity index (χ0) is 20.7. The smallest absolute Gasteiger partial charge is 0.179 e. The molecular formula is C22H23Cl2N5S. The summed E-state index contributed by atoms with van der Waals surface area (Å²) in [5, 5.41) is 1.88. The van der Waals surface area contributed by atoms with Crippen LogP contribution in [-0.2, 0) is 0 Å². The van der Waals surface area contributed by atoms with E-state index in [1.165, 1.54) is 31.0 Å². The molecule has 2 N–H and O–H groups in total. The predicted octanol–water partition coefficient (Wildman–Crippen LogP) is 5.58. The summed E-state index contributed by atoms with van der Waals surface area (Å²) in [6.45, 7) is 1.98. The van der Waals surface area contributed by atoms with Crippen LogP contribution >= 0.6 is 35.0 Å². The van der Waals surface area contributed by atoms with Crippen LogP contribution in [0.15, 0.2) is 46.5 Å². The van der Waals surface area contributed by atoms with E-state index in [1.54, 1.807) is 6.07 Å². The molecule has 2 aromatic heterocycles. The molecule has 0 amide bonds. The highest BCUT2D eigenvalue weighted by Gasteiger charge is 2.43. The van der Waals surface area contributed by atoms with Gasteiger partial charge in [0.25, 0.3) is 0 Å². The van der Waals surface area contributed by atoms with Gasteiger partial charge < -0.3 is 10.6 Å². The number of aromatic nitrogens is 3. The van der Waals surface area contributed by atoms with Crippen LogP contribution in [0.4, 0.5) is 5.82 Å². The number of benzene rings is 1. The summed E-state index contributed by atoms with van der Waals surface area (Å²) in [5.41, 5.74) is 8.19. The van der Waals surface area contributed by atoms with Crippen LogP contribution in [0.25, 0.3) is 11.2 Å². The summed E-state index contributed by atoms with van der Waals surface area (Å²) < 4.78 is 0. The number of piperidine rings is 1. The molecule has 1 aliphatic heterocycles. The summed E-state index contributed by atoms with van der Waals surface area (Å²) in [7, 11) is 0. The molecule has 0 radical (unpaired) electrons. The molecule has 1 aliphatic carbocycles. The lowest BCUT2D eigenvalue weighted by molar-refractivity contribution is 0.197. The quantitative estimate of drug-likeness (QED) is 0.550. The van der Waals surface area contributed by atoms with Gasteiger partial charge in [0.15, 0.2) is 5.65 Å². The molecule has 1 saturated carbocycles. The zero-order valence-electron chi connectivity index (χ0n) is 16.5. The van der Waals surface area contributed by atoms with E-state index in [1.807, 2.05) is 30.5 Å². The fourth-order valence-electron chi connectivity index (χ4n) is 4.73. The first-order valence-electron chi connectivity index (χ1n) is 10.3. The van der Waals surface area contributed by atoms with Gasteiger partial charge in [-0.3, -0.25) is 0 Å². The first kappa shape index (κ1) is 20.3. The Morgan fingerprint density at radius 1 is 1.07 bits per heavy atom. The third kappa shape index (κ3) is 3.75. The average Bonchev–Trinajstić information content (AvgIpc) is 3.11. The number of fused-ring (bicyclic) bond motifs is 1. The van der Waals surface area contributed by atoms with Gasteiger partial charge in [-0.1, -0.05) is 47.5 Å². The van der Waals surface area contributed by atoms with E-state index < -0.39 is 0 Å². The summed E-state index contributed by atoms with van der Waals surface area (Å²) in [5.74, 6) is 0.920. The van der Waals surface area contributed by atoms with E-state index in [9.17, 15) is 0 Å². The topological polar surface area (TPSA) is 67.9 Å². The van der Waals surface area contributed by atoms with E-state index in [-0.39, 0.29) is 0 Å². The number of hydrogen-bond acceptors (Lipinski definition) is 6. The van der Waals surface area contributed by atoms with Crippen molar-refractivity contribution in [2.24, 2.45) is 11.1 Å². The molecule has 0 unspecified atom stereocenters. The highest BCUT2D eigenvalue weighted by atomic mass is 35.5. The van der Waals surface area contributed by atoms with Crippen LogP contribution in [0.2, 0.25) is 10.0 Å². The van der Waals surface area contributed by atoms with Gasteiger partial charge >= 0.3 is 0 Å². The molecule has 1 aromatic carbocycles. The first-order chi connectivity index (χ1) is 14.5. The highest BCUT2D eigenvalue weighted by molar-refractivity contribution is 7.99. The second-order valence-electron chi connectivity index (χ2n) is 8.22. The molecule has 2 fully saturated rings. The minimum atomic E-state index is 0.343. The van der Waals surface area contributed by atoms with Gasteiger partial charge in [0.2, 0.25) is 0 Å². The Balaban J connectivity index is 1.33. The molecule has 3 heterocycles. The van der Waals surface area contributed by atoms with Crippen LogP contribution in [-0.4, -0.2) is 34.1 Å². The van der Waals surface area contributed by atoms with E-state index in [0.717, 1.165) is 47.2 Å². The van der Waals surface area contributed by atoms with Gasteiger partial charge in [0.05, 0.1) is 16.2 Å². The molecule has 1 spiro atoms. The van der Waals surface area contributed by atoms with Crippen molar-refractivity contribution < 1.29 is 0 Å². The maximum atomic E-state index is 6.42. The monoisotopic (exact) mass is 459 g/mol. The lowest BCUT2D eigenvalue weighted by Crippen LogP contribution is -2.47. The van der Waals surface area contributed by atoms with Crippen molar-refractivity contribution in [2.75, 3.05) is 18.0 Å². The molecule has 0 bridgehead atoms. The number of anilines is 1. The lowest BCUT2D eigenvalue weighted by Gasteiger charge is -2.42. The molecule has 2 aliphatic rings. The van der Waals surface area contributed by atoms with Gasteiger partial charge in [-0.25, -0.2) is 15.0 Å². The molecule has 5 rings (SSSR count). The molecule has 30 heavy (non-hydrogen) atoms. The van der Waals surface area contributed by atoms with E-state index in [2.05, 4.69) is 14.9 Å². The Morgan fingerprint density at radius 2 is 1.90 bits per heavy atom. The minimum absolute atomic E-state index is 0.343. The van der Waals surface area contributed by atoms with Crippen molar-refractivity contribution >= 4 is 51.9 Å². The SMILES string of the molecule is N[C@@H]1CCCC12CCN(c1cnc3nc(Sc4cccc(Cl)c4Cl)ccc3n1)CC2. The third-order valence-corrected chi connectivity index (χ3v) is 8.48. The van der Waals surface area contributed by atoms with E-state index in [0.29, 0.717) is 27.1 Å². The van der Waals surface area contributed by atoms with Gasteiger partial charge in [-0.15, -0.1) is 0 Å². The fraction of sp³-hybridized carbons (Fsp3) is 0.409. The van der Waals surface area contributed by atoms with Crippen molar-refractivity contribution in [1.82, 2.24) is 15.0 Å². The summed E-state index contributed by atoms with van der Waals surface area (Å²) in [6.07, 6.45) is 7.82. The van der Waals surface area contributed by atoms with Crippen molar-refractivity contribution in [3.63, 3.8) is 0 Å². The van der Waals surface area contributed by atoms with Crippen molar-refractivity contribution in [3.05, 3.63) is 46.6 Å². The maximum absolute atomic E-state index is 6.42. The van der Waals surface area contributed by atoms with Crippen LogP contribution < -0.4 is 10.6 Å². The van der Waals surface area contributed by atoms with Crippen molar-refractivity contribution in [2.45, 2.75) is 48.1 Å². The third-order valence-electron chi connectivity index (χ3n) is 6.56. The van der Waals surface area contributed by atoms with Crippen LogP contribution in [0.1, 0.15) is 32.1 Å². The van der Waals surface area contributed by atoms with Gasteiger partial charge in [-0.05, 0) is 55.4 Å². The van der Waals surface area contributed by atoms with Gasteiger partial charge in [-0.2, -0.15) is 0 Å². The second kappa shape index (κ2) is 8.15. The predicted molar refractivity (Wildman–Crippen MR) is 124 cm³/mol. The second-order valence-corrected chi connectivity index (χ2v) is 10.1. The summed E-state index contributed by atoms with van der Waals surface area (Å²) >= 11 is 13.9. The number of pyridine rings is 1. The number of halogens is 2. The Labute approximate surface area is 190 Å². The number of nitrogens with two attached hydrogens (primary N) is 1. The maximum Gasteiger partial charge on any atom is 0.179 e. The first-order valence-corrected chi connectivity index (χ1v) is 11.9. The molecule has 3 aromatic rings. The molecule has 1 saturated heterocycles. The molecular weight excluding hydrogens is 437 g/mol. The Hall–Kier alpha value is -1.60. The zero-order valence-corrected chi connectivity index (χ0v) is 18.8. The molecule has 1 atom stereocenters. The Bertz CT molecular complexity index is 1080. The Morgan fingerprint density at radius 3 is 2.67 bits per heavy atom. The lowest BCUT2D eigenvalue weighted by atomic mass is 9.74. The van der Waals surface area contributed by atoms with Crippen LogP contribution in [0.3, 0.4) is 0 Å². The Kier molecular flexibility index (Phi) is 5.52. The number of rotatable bonds is 3. The fourth-order valence-corrected chi connectivity index (χ4v) is 6.04. The van der Waals surface area contributed by atoms with Crippen LogP contribution in [0.5, 0.6) is 0 Å². The van der Waals surface area contributed by atoms with Gasteiger partial charge in [0.1, 0.15) is 16.4 Å². The van der Waals surface area contributed by atoms with Crippen molar-refractivity contribution in [3.8, 4) is 0 Å². The normalized spacial score (nSPS) is 20.9. The van der Waals surface area contributed by atoms with Crippen molar-refractivity contribution in [1.29, 1.82) is 0 Å². The standard InChI is InChI=1S/C22H23Cl2N5S/c23-14-3-1-4-16(20(14)24)30-19-7-6-15-21(28-19)26-13-18(27-15)29-11-9-22(10-12-29)8-2-5-17(22)25/h1,3-4,6-7,13,17H,2,5,8-12,25H2/t17-/m1/s1. The highest BCUT2D eigenvalue weighted by Crippen LogP contribution is 2.46. The number of hydrogen-bond donors (Lipinski definition) is 1. The largest absolute Gasteiger partial charge is 0.355 e. The number of nitrogens with zero attached hydrogens (tertiary/aromatic N) is 4. The summed E-state index contributed by atoms with van der Waals surface area (Å²) in [6, 6.07) is 9.86. The minimum Gasteiger partial charge on any atom is -0.355 e. The summed E-state index contributed by atoms with van der Waals surface area (Å²) in [4.78, 5) is 17.3. The van der Waals surface area contributed by atoms with E-state index >= 15 is 0 Å². The average molecular weight is 460 g/mol. The molecule has 156 valence electrons. The van der Waals surface area contributed by atoms with Crippen LogP contribution in [0, 0.1) is 5.41 Å². The van der Waals surface area contributed by atoms with Gasteiger partial charge in [0, 0.05) is 24.0 Å². The molecule has 5 nitrogen and oxygen atoms in total. The molecule has 8 heteroatoms. The van der Waals surface area contributed by atoms with E-state index in [4.69, 9.17) is 33.9 Å².